The molecule has 8 heteroatoms. The molecular formula is C18H17F3N2O3. The Morgan fingerprint density at radius 1 is 1.08 bits per heavy atom. The lowest BCUT2D eigenvalue weighted by atomic mass is 10.1. The highest BCUT2D eigenvalue weighted by atomic mass is 19.4. The average molecular weight is 366 g/mol. The molecule has 2 aromatic rings. The van der Waals surface area contributed by atoms with Gasteiger partial charge in [0.25, 0.3) is 0 Å². The molecule has 0 bridgehead atoms. The normalized spacial score (nSPS) is 13.2. The van der Waals surface area contributed by atoms with Gasteiger partial charge in [0.2, 0.25) is 0 Å². The molecule has 0 radical (unpaired) electrons. The maximum absolute atomic E-state index is 12.6. The molecule has 0 aromatic heterocycles. The van der Waals surface area contributed by atoms with Crippen LogP contribution in [-0.2, 0) is 12.7 Å². The van der Waals surface area contributed by atoms with Crippen LogP contribution < -0.4 is 14.8 Å². The third-order valence-corrected chi connectivity index (χ3v) is 3.84. The highest BCUT2D eigenvalue weighted by molar-refractivity contribution is 5.89. The summed E-state index contributed by atoms with van der Waals surface area (Å²) in [5, 5.41) is 2.72. The third-order valence-electron chi connectivity index (χ3n) is 3.84. The van der Waals surface area contributed by atoms with Gasteiger partial charge in [-0.3, -0.25) is 0 Å². The predicted octanol–water partition coefficient (Wildman–Crippen LogP) is 4.14. The number of hydrogen-bond donors (Lipinski definition) is 1. The molecule has 0 fully saturated rings. The number of anilines is 1. The van der Waals surface area contributed by atoms with Crippen LogP contribution in [0.25, 0.3) is 0 Å². The van der Waals surface area contributed by atoms with Crippen LogP contribution in [0.5, 0.6) is 11.5 Å². The van der Waals surface area contributed by atoms with Crippen molar-refractivity contribution in [3.8, 4) is 11.5 Å². The smallest absolute Gasteiger partial charge is 0.416 e. The van der Waals surface area contributed by atoms with Crippen LogP contribution in [0.4, 0.5) is 23.7 Å². The van der Waals surface area contributed by atoms with Crippen LogP contribution in [0.1, 0.15) is 11.1 Å². The van der Waals surface area contributed by atoms with Crippen molar-refractivity contribution in [2.75, 3.05) is 25.6 Å². The molecule has 138 valence electrons. The number of rotatable bonds is 3. The van der Waals surface area contributed by atoms with E-state index in [1.807, 2.05) is 0 Å². The lowest BCUT2D eigenvalue weighted by Gasteiger charge is -2.21. The Labute approximate surface area is 148 Å². The lowest BCUT2D eigenvalue weighted by Crippen LogP contribution is -2.30. The molecule has 5 nitrogen and oxygen atoms in total. The summed E-state index contributed by atoms with van der Waals surface area (Å²) in [7, 11) is 1.56. The second-order valence-electron chi connectivity index (χ2n) is 5.84. The number of ether oxygens (including phenoxy) is 2. The standard InChI is InChI=1S/C18H17F3N2O3/c1-23(11-12-2-4-13(5-3-12)18(19,20)21)17(24)22-14-6-7-15-16(10-14)26-9-8-25-15/h2-7,10H,8-9,11H2,1H3,(H,22,24). The SMILES string of the molecule is CN(Cc1ccc(C(F)(F)F)cc1)C(=O)Nc1ccc2c(c1)OCCO2. The van der Waals surface area contributed by atoms with Crippen LogP contribution in [0.2, 0.25) is 0 Å². The number of halogens is 3. The van der Waals surface area contributed by atoms with Gasteiger partial charge in [-0.05, 0) is 29.8 Å². The fourth-order valence-electron chi connectivity index (χ4n) is 2.48. The van der Waals surface area contributed by atoms with Crippen LogP contribution >= 0.6 is 0 Å². The van der Waals surface area contributed by atoms with E-state index in [9.17, 15) is 18.0 Å². The number of benzene rings is 2. The zero-order valence-corrected chi connectivity index (χ0v) is 14.0. The number of nitrogens with one attached hydrogen (secondary N) is 1. The van der Waals surface area contributed by atoms with Crippen molar-refractivity contribution in [1.29, 1.82) is 0 Å². The molecule has 2 aromatic carbocycles. The van der Waals surface area contributed by atoms with Crippen LogP contribution in [0.15, 0.2) is 42.5 Å². The van der Waals surface area contributed by atoms with Crippen molar-refractivity contribution in [2.45, 2.75) is 12.7 Å². The van der Waals surface area contributed by atoms with E-state index in [0.29, 0.717) is 36.0 Å². The molecule has 26 heavy (non-hydrogen) atoms. The first-order valence-electron chi connectivity index (χ1n) is 7.91. The first-order valence-corrected chi connectivity index (χ1v) is 7.91. The van der Waals surface area contributed by atoms with Crippen LogP contribution in [0, 0.1) is 0 Å². The summed E-state index contributed by atoms with van der Waals surface area (Å²) in [5.41, 5.74) is 0.418. The molecule has 2 amide bonds. The van der Waals surface area contributed by atoms with Crippen molar-refractivity contribution in [3.05, 3.63) is 53.6 Å². The molecule has 0 saturated heterocycles. The van der Waals surface area contributed by atoms with Gasteiger partial charge in [-0.25, -0.2) is 4.79 Å². The number of fused-ring (bicyclic) bond motifs is 1. The second-order valence-corrected chi connectivity index (χ2v) is 5.84. The average Bonchev–Trinajstić information content (AvgIpc) is 2.61. The van der Waals surface area contributed by atoms with Gasteiger partial charge in [-0.1, -0.05) is 12.1 Å². The van der Waals surface area contributed by atoms with Gasteiger partial charge in [0.15, 0.2) is 11.5 Å². The quantitative estimate of drug-likeness (QED) is 0.888. The number of amides is 2. The Kier molecular flexibility index (Phi) is 4.92. The molecule has 0 spiro atoms. The number of nitrogens with zero attached hydrogens (tertiary/aromatic N) is 1. The minimum absolute atomic E-state index is 0.175. The van der Waals surface area contributed by atoms with Gasteiger partial charge >= 0.3 is 12.2 Å². The summed E-state index contributed by atoms with van der Waals surface area (Å²) in [4.78, 5) is 13.6. The van der Waals surface area contributed by atoms with Gasteiger partial charge in [0, 0.05) is 25.3 Å². The molecule has 1 aliphatic heterocycles. The molecule has 0 atom stereocenters. The number of alkyl halides is 3. The Hall–Kier alpha value is -2.90. The van der Waals surface area contributed by atoms with Gasteiger partial charge in [0.1, 0.15) is 13.2 Å². The summed E-state index contributed by atoms with van der Waals surface area (Å²) in [5.74, 6) is 1.17. The maximum Gasteiger partial charge on any atom is 0.416 e. The number of carbonyl (C=O) groups excluding carboxylic acids is 1. The van der Waals surface area contributed by atoms with Gasteiger partial charge in [0.05, 0.1) is 5.56 Å². The highest BCUT2D eigenvalue weighted by Crippen LogP contribution is 2.32. The minimum Gasteiger partial charge on any atom is -0.486 e. The summed E-state index contributed by atoms with van der Waals surface area (Å²) in [6.45, 7) is 1.10. The fraction of sp³-hybridized carbons (Fsp3) is 0.278. The monoisotopic (exact) mass is 366 g/mol. The molecule has 1 N–H and O–H groups in total. The summed E-state index contributed by atoms with van der Waals surface area (Å²) < 4.78 is 48.6. The summed E-state index contributed by atoms with van der Waals surface area (Å²) in [6, 6.07) is 9.40. The molecular weight excluding hydrogens is 349 g/mol. The van der Waals surface area contributed by atoms with Crippen molar-refractivity contribution in [3.63, 3.8) is 0 Å². The van der Waals surface area contributed by atoms with Crippen molar-refractivity contribution in [2.24, 2.45) is 0 Å². The lowest BCUT2D eigenvalue weighted by molar-refractivity contribution is -0.137. The van der Waals surface area contributed by atoms with E-state index < -0.39 is 11.7 Å². The number of hydrogen-bond acceptors (Lipinski definition) is 3. The van der Waals surface area contributed by atoms with E-state index in [4.69, 9.17) is 9.47 Å². The summed E-state index contributed by atoms with van der Waals surface area (Å²) in [6.07, 6.45) is -4.37. The Morgan fingerprint density at radius 2 is 1.73 bits per heavy atom. The largest absolute Gasteiger partial charge is 0.486 e. The Morgan fingerprint density at radius 3 is 2.38 bits per heavy atom. The molecule has 0 saturated carbocycles. The third kappa shape index (κ3) is 4.19. The Bertz CT molecular complexity index is 791. The molecule has 0 unspecified atom stereocenters. The minimum atomic E-state index is -4.37. The predicted molar refractivity (Wildman–Crippen MR) is 89.4 cm³/mol. The Balaban J connectivity index is 1.61. The zero-order chi connectivity index (χ0) is 18.7. The molecule has 3 rings (SSSR count). The van der Waals surface area contributed by atoms with Crippen LogP contribution in [0.3, 0.4) is 0 Å². The zero-order valence-electron chi connectivity index (χ0n) is 14.0. The van der Waals surface area contributed by atoms with Crippen LogP contribution in [-0.4, -0.2) is 31.2 Å². The first kappa shape index (κ1) is 17.9. The topological polar surface area (TPSA) is 50.8 Å². The van der Waals surface area contributed by atoms with Crippen molar-refractivity contribution >= 4 is 11.7 Å². The molecule has 1 aliphatic rings. The fourth-order valence-corrected chi connectivity index (χ4v) is 2.48. The number of carbonyl (C=O) groups is 1. The van der Waals surface area contributed by atoms with Gasteiger partial charge in [-0.15, -0.1) is 0 Å². The molecule has 0 aliphatic carbocycles. The van der Waals surface area contributed by atoms with Crippen molar-refractivity contribution in [1.82, 2.24) is 4.90 Å². The first-order chi connectivity index (χ1) is 12.3. The van der Waals surface area contributed by atoms with Gasteiger partial charge in [-0.2, -0.15) is 13.2 Å². The van der Waals surface area contributed by atoms with E-state index in [-0.39, 0.29) is 12.6 Å². The van der Waals surface area contributed by atoms with E-state index in [2.05, 4.69) is 5.32 Å². The highest BCUT2D eigenvalue weighted by Gasteiger charge is 2.30. The van der Waals surface area contributed by atoms with E-state index in [1.54, 1.807) is 25.2 Å². The maximum atomic E-state index is 12.6. The van der Waals surface area contributed by atoms with E-state index >= 15 is 0 Å². The van der Waals surface area contributed by atoms with Gasteiger partial charge < -0.3 is 19.7 Å². The van der Waals surface area contributed by atoms with E-state index in [0.717, 1.165) is 12.1 Å². The van der Waals surface area contributed by atoms with Crippen molar-refractivity contribution < 1.29 is 27.4 Å². The van der Waals surface area contributed by atoms with E-state index in [1.165, 1.54) is 17.0 Å². The summed E-state index contributed by atoms with van der Waals surface area (Å²) >= 11 is 0. The molecule has 1 heterocycles. The number of urea groups is 1. The second kappa shape index (κ2) is 7.15.